The van der Waals surface area contributed by atoms with Gasteiger partial charge in [0.15, 0.2) is 0 Å². The highest BCUT2D eigenvalue weighted by Crippen LogP contribution is 2.19. The molecule has 106 valence electrons. The minimum absolute atomic E-state index is 0.269. The number of hydrogen-bond donors (Lipinski definition) is 3. The summed E-state index contributed by atoms with van der Waals surface area (Å²) in [6.07, 6.45) is 5.14. The SMILES string of the molecule is CC(CC1CCCCN1)NC(C)c1cccc(O)c1. The fourth-order valence-electron chi connectivity index (χ4n) is 2.94. The zero-order chi connectivity index (χ0) is 13.7. The standard InChI is InChI=1S/C16H26N2O/c1-12(10-15-7-3-4-9-17-15)18-13(2)14-6-5-8-16(19)11-14/h5-6,8,11-13,15,17-19H,3-4,7,9-10H2,1-2H3. The highest BCUT2D eigenvalue weighted by Gasteiger charge is 2.17. The number of aromatic hydroxyl groups is 1. The Labute approximate surface area is 116 Å². The summed E-state index contributed by atoms with van der Waals surface area (Å²) >= 11 is 0. The maximum absolute atomic E-state index is 9.52. The van der Waals surface area contributed by atoms with E-state index in [1.165, 1.54) is 32.2 Å². The zero-order valence-electron chi connectivity index (χ0n) is 12.0. The van der Waals surface area contributed by atoms with E-state index in [0.717, 1.165) is 5.56 Å². The summed E-state index contributed by atoms with van der Waals surface area (Å²) in [4.78, 5) is 0. The summed E-state index contributed by atoms with van der Waals surface area (Å²) in [5.41, 5.74) is 1.14. The average Bonchev–Trinajstić information content (AvgIpc) is 2.39. The number of nitrogens with one attached hydrogen (secondary N) is 2. The lowest BCUT2D eigenvalue weighted by molar-refractivity contribution is 0.334. The predicted octanol–water partition coefficient (Wildman–Crippen LogP) is 2.96. The summed E-state index contributed by atoms with van der Waals surface area (Å²) in [5, 5.41) is 16.7. The van der Waals surface area contributed by atoms with Crippen molar-refractivity contribution >= 4 is 0 Å². The first kappa shape index (κ1) is 14.4. The van der Waals surface area contributed by atoms with E-state index in [2.05, 4.69) is 30.5 Å². The highest BCUT2D eigenvalue weighted by atomic mass is 16.3. The molecule has 1 aromatic rings. The van der Waals surface area contributed by atoms with Crippen LogP contribution in [0.2, 0.25) is 0 Å². The molecule has 3 N–H and O–H groups in total. The van der Waals surface area contributed by atoms with Crippen molar-refractivity contribution in [3.8, 4) is 5.75 Å². The van der Waals surface area contributed by atoms with Gasteiger partial charge in [0.05, 0.1) is 0 Å². The first-order valence-corrected chi connectivity index (χ1v) is 7.43. The van der Waals surface area contributed by atoms with Crippen molar-refractivity contribution < 1.29 is 5.11 Å². The lowest BCUT2D eigenvalue weighted by atomic mass is 9.98. The van der Waals surface area contributed by atoms with Crippen LogP contribution in [0.15, 0.2) is 24.3 Å². The molecule has 0 saturated carbocycles. The molecule has 0 radical (unpaired) electrons. The van der Waals surface area contributed by atoms with Crippen molar-refractivity contribution in [3.63, 3.8) is 0 Å². The van der Waals surface area contributed by atoms with E-state index in [9.17, 15) is 5.11 Å². The lowest BCUT2D eigenvalue weighted by Crippen LogP contribution is -2.40. The number of piperidine rings is 1. The van der Waals surface area contributed by atoms with Gasteiger partial charge in [-0.1, -0.05) is 18.6 Å². The normalized spacial score (nSPS) is 22.9. The van der Waals surface area contributed by atoms with Gasteiger partial charge >= 0.3 is 0 Å². The zero-order valence-corrected chi connectivity index (χ0v) is 12.0. The molecule has 1 fully saturated rings. The molecule has 0 aromatic heterocycles. The Hall–Kier alpha value is -1.06. The molecule has 1 heterocycles. The number of benzene rings is 1. The van der Waals surface area contributed by atoms with Gasteiger partial charge in [-0.2, -0.15) is 0 Å². The fraction of sp³-hybridized carbons (Fsp3) is 0.625. The van der Waals surface area contributed by atoms with Gasteiger partial charge in [0.1, 0.15) is 5.75 Å². The van der Waals surface area contributed by atoms with E-state index >= 15 is 0 Å². The molecule has 0 amide bonds. The van der Waals surface area contributed by atoms with Gasteiger partial charge in [0.2, 0.25) is 0 Å². The average molecular weight is 262 g/mol. The van der Waals surface area contributed by atoms with Gasteiger partial charge in [0.25, 0.3) is 0 Å². The summed E-state index contributed by atoms with van der Waals surface area (Å²) in [6, 6.07) is 8.92. The lowest BCUT2D eigenvalue weighted by Gasteiger charge is -2.28. The second-order valence-electron chi connectivity index (χ2n) is 5.77. The predicted molar refractivity (Wildman–Crippen MR) is 79.4 cm³/mol. The number of phenolic OH excluding ortho intramolecular Hbond substituents is 1. The Bertz CT molecular complexity index is 388. The van der Waals surface area contributed by atoms with Gasteiger partial charge in [-0.15, -0.1) is 0 Å². The maximum Gasteiger partial charge on any atom is 0.115 e. The third-order valence-corrected chi connectivity index (χ3v) is 3.96. The van der Waals surface area contributed by atoms with Crippen molar-refractivity contribution in [1.29, 1.82) is 0 Å². The van der Waals surface area contributed by atoms with Gasteiger partial charge in [-0.25, -0.2) is 0 Å². The van der Waals surface area contributed by atoms with Crippen LogP contribution in [0.5, 0.6) is 5.75 Å². The van der Waals surface area contributed by atoms with Crippen molar-refractivity contribution in [2.75, 3.05) is 6.54 Å². The van der Waals surface area contributed by atoms with Gasteiger partial charge < -0.3 is 15.7 Å². The number of phenols is 1. The van der Waals surface area contributed by atoms with Crippen LogP contribution in [-0.4, -0.2) is 23.7 Å². The molecule has 0 bridgehead atoms. The van der Waals surface area contributed by atoms with Gasteiger partial charge in [-0.3, -0.25) is 0 Å². The molecule has 3 heteroatoms. The van der Waals surface area contributed by atoms with Crippen molar-refractivity contribution in [3.05, 3.63) is 29.8 Å². The molecule has 1 saturated heterocycles. The van der Waals surface area contributed by atoms with Crippen LogP contribution < -0.4 is 10.6 Å². The highest BCUT2D eigenvalue weighted by molar-refractivity contribution is 5.29. The van der Waals surface area contributed by atoms with Crippen LogP contribution in [0, 0.1) is 0 Å². The molecular formula is C16H26N2O. The summed E-state index contributed by atoms with van der Waals surface area (Å²) in [7, 11) is 0. The molecule has 2 rings (SSSR count). The Morgan fingerprint density at radius 2 is 2.21 bits per heavy atom. The molecule has 3 nitrogen and oxygen atoms in total. The molecule has 3 atom stereocenters. The van der Waals surface area contributed by atoms with Crippen LogP contribution in [0.4, 0.5) is 0 Å². The van der Waals surface area contributed by atoms with E-state index in [4.69, 9.17) is 0 Å². The monoisotopic (exact) mass is 262 g/mol. The Kier molecular flexibility index (Phi) is 5.23. The van der Waals surface area contributed by atoms with Crippen LogP contribution in [0.3, 0.4) is 0 Å². The van der Waals surface area contributed by atoms with Crippen LogP contribution in [0.1, 0.15) is 51.1 Å². The molecule has 0 aliphatic carbocycles. The summed E-state index contributed by atoms with van der Waals surface area (Å²) < 4.78 is 0. The summed E-state index contributed by atoms with van der Waals surface area (Å²) in [6.45, 7) is 5.56. The Morgan fingerprint density at radius 3 is 2.89 bits per heavy atom. The van der Waals surface area contributed by atoms with Crippen molar-refractivity contribution in [2.45, 2.75) is 57.7 Å². The fourth-order valence-corrected chi connectivity index (χ4v) is 2.94. The van der Waals surface area contributed by atoms with Crippen LogP contribution >= 0.6 is 0 Å². The Balaban J connectivity index is 1.82. The van der Waals surface area contributed by atoms with Gasteiger partial charge in [0, 0.05) is 18.1 Å². The smallest absolute Gasteiger partial charge is 0.115 e. The van der Waals surface area contributed by atoms with Crippen LogP contribution in [-0.2, 0) is 0 Å². The van der Waals surface area contributed by atoms with E-state index < -0.39 is 0 Å². The maximum atomic E-state index is 9.52. The number of hydrogen-bond acceptors (Lipinski definition) is 3. The largest absolute Gasteiger partial charge is 0.508 e. The third-order valence-electron chi connectivity index (χ3n) is 3.96. The van der Waals surface area contributed by atoms with Gasteiger partial charge in [-0.05, 0) is 57.4 Å². The quantitative estimate of drug-likeness (QED) is 0.764. The number of rotatable bonds is 5. The molecule has 1 aliphatic rings. The molecule has 19 heavy (non-hydrogen) atoms. The molecular weight excluding hydrogens is 236 g/mol. The topological polar surface area (TPSA) is 44.3 Å². The molecule has 3 unspecified atom stereocenters. The van der Waals surface area contributed by atoms with E-state index in [1.807, 2.05) is 12.1 Å². The minimum Gasteiger partial charge on any atom is -0.508 e. The van der Waals surface area contributed by atoms with Crippen molar-refractivity contribution in [1.82, 2.24) is 10.6 Å². The van der Waals surface area contributed by atoms with E-state index in [1.54, 1.807) is 6.07 Å². The van der Waals surface area contributed by atoms with Crippen molar-refractivity contribution in [2.24, 2.45) is 0 Å². The van der Waals surface area contributed by atoms with Crippen LogP contribution in [0.25, 0.3) is 0 Å². The first-order chi connectivity index (χ1) is 9.15. The second kappa shape index (κ2) is 6.92. The second-order valence-corrected chi connectivity index (χ2v) is 5.77. The molecule has 1 aromatic carbocycles. The van der Waals surface area contributed by atoms with E-state index in [0.29, 0.717) is 17.8 Å². The molecule has 0 spiro atoms. The summed E-state index contributed by atoms with van der Waals surface area (Å²) in [5.74, 6) is 0.341. The van der Waals surface area contributed by atoms with E-state index in [-0.39, 0.29) is 6.04 Å². The Morgan fingerprint density at radius 1 is 1.37 bits per heavy atom. The third kappa shape index (κ3) is 4.51. The first-order valence-electron chi connectivity index (χ1n) is 7.43. The molecule has 1 aliphatic heterocycles. The minimum atomic E-state index is 0.269.